The van der Waals surface area contributed by atoms with Crippen molar-refractivity contribution in [1.82, 2.24) is 10.2 Å². The molecule has 0 amide bonds. The zero-order valence-corrected chi connectivity index (χ0v) is 12.3. The molecule has 2 aromatic rings. The third-order valence-electron chi connectivity index (χ3n) is 2.96. The Balaban J connectivity index is 2.42. The largest absolute Gasteiger partial charge is 0.409 e. The van der Waals surface area contributed by atoms with Gasteiger partial charge < -0.3 is 10.9 Å². The Hall–Kier alpha value is -2.55. The number of nitrogens with zero attached hydrogens (tertiary/aromatic N) is 2. The van der Waals surface area contributed by atoms with Gasteiger partial charge in [-0.15, -0.1) is 0 Å². The number of amidine groups is 1. The van der Waals surface area contributed by atoms with E-state index in [9.17, 15) is 8.42 Å². The number of rotatable bonds is 4. The standard InChI is InChI=1S/C12H15N5O3S/c1-7-3-4-9(12(13)16-18)5-10(7)17-21(19,20)11-6-14-15-8(11)2/h3-6,17-18H,1-2H3,(H2,13,16)(H,14,15). The summed E-state index contributed by atoms with van der Waals surface area (Å²) >= 11 is 0. The van der Waals surface area contributed by atoms with Crippen LogP contribution in [0.15, 0.2) is 34.4 Å². The summed E-state index contributed by atoms with van der Waals surface area (Å²) in [7, 11) is -3.76. The number of sulfonamides is 1. The van der Waals surface area contributed by atoms with Crippen LogP contribution in [0.25, 0.3) is 0 Å². The van der Waals surface area contributed by atoms with Gasteiger partial charge in [0.2, 0.25) is 0 Å². The lowest BCUT2D eigenvalue weighted by molar-refractivity contribution is 0.318. The molecule has 8 nitrogen and oxygen atoms in total. The van der Waals surface area contributed by atoms with Gasteiger partial charge >= 0.3 is 0 Å². The van der Waals surface area contributed by atoms with Crippen LogP contribution >= 0.6 is 0 Å². The maximum Gasteiger partial charge on any atom is 0.265 e. The summed E-state index contributed by atoms with van der Waals surface area (Å²) in [6.07, 6.45) is 1.24. The van der Waals surface area contributed by atoms with Crippen molar-refractivity contribution in [2.24, 2.45) is 10.9 Å². The molecule has 1 aromatic heterocycles. The van der Waals surface area contributed by atoms with Gasteiger partial charge in [-0.25, -0.2) is 8.42 Å². The van der Waals surface area contributed by atoms with E-state index >= 15 is 0 Å². The van der Waals surface area contributed by atoms with Crippen LogP contribution in [0.1, 0.15) is 16.8 Å². The first-order valence-electron chi connectivity index (χ1n) is 5.96. The Morgan fingerprint density at radius 1 is 1.43 bits per heavy atom. The molecule has 0 aliphatic rings. The molecule has 1 aromatic carbocycles. The third-order valence-corrected chi connectivity index (χ3v) is 4.44. The molecule has 0 aliphatic heterocycles. The highest BCUT2D eigenvalue weighted by atomic mass is 32.2. The molecule has 0 unspecified atom stereocenters. The Kier molecular flexibility index (Phi) is 3.85. The number of aromatic amines is 1. The maximum absolute atomic E-state index is 12.3. The summed E-state index contributed by atoms with van der Waals surface area (Å²) in [4.78, 5) is 0.0658. The van der Waals surface area contributed by atoms with E-state index in [2.05, 4.69) is 20.1 Å². The highest BCUT2D eigenvalue weighted by Gasteiger charge is 2.19. The molecule has 2 rings (SSSR count). The lowest BCUT2D eigenvalue weighted by atomic mass is 10.1. The number of oxime groups is 1. The normalized spacial score (nSPS) is 12.4. The van der Waals surface area contributed by atoms with Gasteiger partial charge in [0.05, 0.1) is 17.6 Å². The maximum atomic E-state index is 12.3. The van der Waals surface area contributed by atoms with Crippen LogP contribution in [0.3, 0.4) is 0 Å². The number of H-pyrrole nitrogens is 1. The van der Waals surface area contributed by atoms with E-state index in [-0.39, 0.29) is 10.7 Å². The molecule has 21 heavy (non-hydrogen) atoms. The molecule has 5 N–H and O–H groups in total. The summed E-state index contributed by atoms with van der Waals surface area (Å²) in [5.74, 6) is -0.102. The molecule has 1 heterocycles. The van der Waals surface area contributed by atoms with Gasteiger partial charge in [-0.05, 0) is 25.5 Å². The molecular weight excluding hydrogens is 294 g/mol. The van der Waals surface area contributed by atoms with Gasteiger partial charge in [-0.1, -0.05) is 17.3 Å². The van der Waals surface area contributed by atoms with Crippen molar-refractivity contribution in [2.45, 2.75) is 18.7 Å². The molecule has 0 bridgehead atoms. The van der Waals surface area contributed by atoms with Crippen LogP contribution in [0.2, 0.25) is 0 Å². The first-order valence-corrected chi connectivity index (χ1v) is 7.45. The molecule has 0 atom stereocenters. The van der Waals surface area contributed by atoms with E-state index in [1.54, 1.807) is 26.0 Å². The Morgan fingerprint density at radius 3 is 2.71 bits per heavy atom. The summed E-state index contributed by atoms with van der Waals surface area (Å²) < 4.78 is 27.1. The van der Waals surface area contributed by atoms with Crippen molar-refractivity contribution >= 4 is 21.5 Å². The minimum atomic E-state index is -3.76. The molecule has 112 valence electrons. The Morgan fingerprint density at radius 2 is 2.14 bits per heavy atom. The number of hydrogen-bond acceptors (Lipinski definition) is 5. The van der Waals surface area contributed by atoms with Crippen LogP contribution < -0.4 is 10.5 Å². The van der Waals surface area contributed by atoms with Gasteiger partial charge in [0.1, 0.15) is 4.90 Å². The summed E-state index contributed by atoms with van der Waals surface area (Å²) in [5.41, 5.74) is 7.40. The average molecular weight is 309 g/mol. The Bertz CT molecular complexity index is 795. The Labute approximate surface area is 121 Å². The molecule has 0 aliphatic carbocycles. The summed E-state index contributed by atoms with van der Waals surface area (Å²) in [6, 6.07) is 4.80. The highest BCUT2D eigenvalue weighted by Crippen LogP contribution is 2.22. The molecule has 0 fully saturated rings. The van der Waals surface area contributed by atoms with Crippen molar-refractivity contribution in [2.75, 3.05) is 4.72 Å². The second kappa shape index (κ2) is 5.44. The fourth-order valence-corrected chi connectivity index (χ4v) is 3.02. The first kappa shape index (κ1) is 14.9. The van der Waals surface area contributed by atoms with Crippen molar-refractivity contribution < 1.29 is 13.6 Å². The van der Waals surface area contributed by atoms with E-state index in [4.69, 9.17) is 10.9 Å². The predicted molar refractivity (Wildman–Crippen MR) is 77.8 cm³/mol. The van der Waals surface area contributed by atoms with Gasteiger partial charge in [-0.3, -0.25) is 9.82 Å². The minimum absolute atomic E-state index is 0.0658. The first-order chi connectivity index (χ1) is 9.85. The molecular formula is C12H15N5O3S. The molecule has 9 heteroatoms. The van der Waals surface area contributed by atoms with Gasteiger partial charge in [0, 0.05) is 5.56 Å². The van der Waals surface area contributed by atoms with Crippen LogP contribution in [-0.4, -0.2) is 29.7 Å². The second-order valence-corrected chi connectivity index (χ2v) is 6.13. The van der Waals surface area contributed by atoms with Crippen LogP contribution in [0.4, 0.5) is 5.69 Å². The molecule has 0 spiro atoms. The fourth-order valence-electron chi connectivity index (χ4n) is 1.76. The SMILES string of the molecule is Cc1ccc(C(N)=NO)cc1NS(=O)(=O)c1cn[nH]c1C. The zero-order valence-electron chi connectivity index (χ0n) is 11.5. The number of hydrogen-bond donors (Lipinski definition) is 4. The van der Waals surface area contributed by atoms with E-state index in [0.29, 0.717) is 22.5 Å². The average Bonchev–Trinajstić information content (AvgIpc) is 2.87. The van der Waals surface area contributed by atoms with Crippen molar-refractivity contribution in [3.8, 4) is 0 Å². The highest BCUT2D eigenvalue weighted by molar-refractivity contribution is 7.92. The van der Waals surface area contributed by atoms with E-state index in [0.717, 1.165) is 0 Å². The number of anilines is 1. The summed E-state index contributed by atoms with van der Waals surface area (Å²) in [5, 5.41) is 17.8. The van der Waals surface area contributed by atoms with Gasteiger partial charge in [-0.2, -0.15) is 5.10 Å². The van der Waals surface area contributed by atoms with Crippen molar-refractivity contribution in [3.63, 3.8) is 0 Å². The number of aryl methyl sites for hydroxylation is 2. The lowest BCUT2D eigenvalue weighted by Gasteiger charge is -2.11. The van der Waals surface area contributed by atoms with E-state index in [1.807, 2.05) is 0 Å². The monoisotopic (exact) mass is 309 g/mol. The van der Waals surface area contributed by atoms with Crippen molar-refractivity contribution in [1.29, 1.82) is 0 Å². The molecule has 0 saturated heterocycles. The van der Waals surface area contributed by atoms with Crippen LogP contribution in [-0.2, 0) is 10.0 Å². The number of aromatic nitrogens is 2. The number of nitrogens with one attached hydrogen (secondary N) is 2. The third kappa shape index (κ3) is 2.97. The van der Waals surface area contributed by atoms with E-state index in [1.165, 1.54) is 12.3 Å². The van der Waals surface area contributed by atoms with Crippen LogP contribution in [0.5, 0.6) is 0 Å². The minimum Gasteiger partial charge on any atom is -0.409 e. The number of benzene rings is 1. The molecule has 0 saturated carbocycles. The lowest BCUT2D eigenvalue weighted by Crippen LogP contribution is -2.17. The van der Waals surface area contributed by atoms with Crippen LogP contribution in [0, 0.1) is 13.8 Å². The topological polar surface area (TPSA) is 133 Å². The molecule has 0 radical (unpaired) electrons. The van der Waals surface area contributed by atoms with Gasteiger partial charge in [0.15, 0.2) is 5.84 Å². The quantitative estimate of drug-likeness (QED) is 0.288. The van der Waals surface area contributed by atoms with Crippen molar-refractivity contribution in [3.05, 3.63) is 41.2 Å². The van der Waals surface area contributed by atoms with E-state index < -0.39 is 10.0 Å². The smallest absolute Gasteiger partial charge is 0.265 e. The fraction of sp³-hybridized carbons (Fsp3) is 0.167. The second-order valence-electron chi connectivity index (χ2n) is 4.48. The summed E-state index contributed by atoms with van der Waals surface area (Å²) in [6.45, 7) is 3.36. The predicted octanol–water partition coefficient (Wildman–Crippen LogP) is 0.922. The zero-order chi connectivity index (χ0) is 15.6. The van der Waals surface area contributed by atoms with Gasteiger partial charge in [0.25, 0.3) is 10.0 Å². The number of nitrogens with two attached hydrogens (primary N) is 1.